The second kappa shape index (κ2) is 7.69. The Morgan fingerprint density at radius 2 is 1.79 bits per heavy atom. The number of benzene rings is 1. The summed E-state index contributed by atoms with van der Waals surface area (Å²) in [5, 5.41) is 3.07. The minimum Gasteiger partial charge on any atom is -0.399 e. The predicted molar refractivity (Wildman–Crippen MR) is 94.3 cm³/mol. The van der Waals surface area contributed by atoms with Crippen molar-refractivity contribution in [3.63, 3.8) is 0 Å². The molecule has 1 aromatic rings. The number of nitrogens with two attached hydrogens (primary N) is 1. The van der Waals surface area contributed by atoms with Gasteiger partial charge in [0, 0.05) is 30.7 Å². The summed E-state index contributed by atoms with van der Waals surface area (Å²) in [4.78, 5) is 26.7. The highest BCUT2D eigenvalue weighted by molar-refractivity contribution is 5.81. The first-order chi connectivity index (χ1) is 11.6. The second-order valence-corrected chi connectivity index (χ2v) is 7.09. The van der Waals surface area contributed by atoms with Gasteiger partial charge in [0.15, 0.2) is 0 Å². The Labute approximate surface area is 143 Å². The second-order valence-electron chi connectivity index (χ2n) is 7.09. The average Bonchev–Trinajstić information content (AvgIpc) is 3.05. The number of nitrogens with zero attached hydrogens (tertiary/aromatic N) is 1. The van der Waals surface area contributed by atoms with Crippen LogP contribution in [0, 0.1) is 5.92 Å². The van der Waals surface area contributed by atoms with Gasteiger partial charge in [0.2, 0.25) is 11.8 Å². The number of likely N-dealkylation sites (tertiary alicyclic amines) is 1. The normalized spacial score (nSPS) is 21.7. The molecule has 2 amide bonds. The van der Waals surface area contributed by atoms with E-state index in [9.17, 15) is 9.59 Å². The van der Waals surface area contributed by atoms with Crippen molar-refractivity contribution in [3.05, 3.63) is 29.8 Å². The van der Waals surface area contributed by atoms with Gasteiger partial charge in [-0.05, 0) is 37.0 Å². The molecule has 2 aliphatic rings. The standard InChI is InChI=1S/C19H27N3O2/c20-16-8-6-14(7-9-16)12-18(23)21-17-10-11-22(13-17)19(24)15-4-2-1-3-5-15/h6-9,15,17H,1-5,10-13,20H2,(H,21,23). The molecule has 1 unspecified atom stereocenters. The number of hydrogen-bond acceptors (Lipinski definition) is 3. The summed E-state index contributed by atoms with van der Waals surface area (Å²) in [6.07, 6.45) is 6.87. The van der Waals surface area contributed by atoms with E-state index < -0.39 is 0 Å². The highest BCUT2D eigenvalue weighted by Gasteiger charge is 2.31. The van der Waals surface area contributed by atoms with Crippen LogP contribution in [-0.4, -0.2) is 35.8 Å². The lowest BCUT2D eigenvalue weighted by molar-refractivity contribution is -0.135. The summed E-state index contributed by atoms with van der Waals surface area (Å²) in [5.41, 5.74) is 7.31. The molecule has 0 aromatic heterocycles. The number of rotatable bonds is 4. The lowest BCUT2D eigenvalue weighted by Gasteiger charge is -2.26. The Bertz CT molecular complexity index is 579. The van der Waals surface area contributed by atoms with Gasteiger partial charge in [-0.2, -0.15) is 0 Å². The van der Waals surface area contributed by atoms with Crippen molar-refractivity contribution in [1.29, 1.82) is 0 Å². The molecule has 1 saturated carbocycles. The first-order valence-electron chi connectivity index (χ1n) is 9.04. The molecule has 0 bridgehead atoms. The maximum absolute atomic E-state index is 12.6. The van der Waals surface area contributed by atoms with Gasteiger partial charge in [-0.15, -0.1) is 0 Å². The quantitative estimate of drug-likeness (QED) is 0.831. The monoisotopic (exact) mass is 329 g/mol. The van der Waals surface area contributed by atoms with Gasteiger partial charge >= 0.3 is 0 Å². The fourth-order valence-electron chi connectivity index (χ4n) is 3.79. The third kappa shape index (κ3) is 4.28. The van der Waals surface area contributed by atoms with Gasteiger partial charge in [0.1, 0.15) is 0 Å². The number of hydrogen-bond donors (Lipinski definition) is 2. The van der Waals surface area contributed by atoms with E-state index in [4.69, 9.17) is 5.73 Å². The number of nitrogens with one attached hydrogen (secondary N) is 1. The first kappa shape index (κ1) is 16.8. The van der Waals surface area contributed by atoms with E-state index >= 15 is 0 Å². The van der Waals surface area contributed by atoms with Gasteiger partial charge in [-0.1, -0.05) is 31.4 Å². The van der Waals surface area contributed by atoms with Crippen LogP contribution < -0.4 is 11.1 Å². The minimum atomic E-state index is 0.0109. The van der Waals surface area contributed by atoms with Crippen LogP contribution in [0.2, 0.25) is 0 Å². The molecule has 5 heteroatoms. The van der Waals surface area contributed by atoms with E-state index in [0.29, 0.717) is 24.6 Å². The van der Waals surface area contributed by atoms with Crippen molar-refractivity contribution in [2.75, 3.05) is 18.8 Å². The van der Waals surface area contributed by atoms with Crippen molar-refractivity contribution in [1.82, 2.24) is 10.2 Å². The van der Waals surface area contributed by atoms with Gasteiger partial charge < -0.3 is 16.0 Å². The Balaban J connectivity index is 1.46. The van der Waals surface area contributed by atoms with Gasteiger partial charge in [-0.25, -0.2) is 0 Å². The third-order valence-corrected chi connectivity index (χ3v) is 5.16. The Morgan fingerprint density at radius 1 is 1.08 bits per heavy atom. The molecule has 5 nitrogen and oxygen atoms in total. The number of nitrogen functional groups attached to an aromatic ring is 1. The zero-order valence-electron chi connectivity index (χ0n) is 14.2. The molecule has 0 spiro atoms. The van der Waals surface area contributed by atoms with Crippen molar-refractivity contribution < 1.29 is 9.59 Å². The van der Waals surface area contributed by atoms with E-state index in [1.165, 1.54) is 19.3 Å². The number of amides is 2. The lowest BCUT2D eigenvalue weighted by atomic mass is 9.88. The van der Waals surface area contributed by atoms with Crippen LogP contribution in [0.25, 0.3) is 0 Å². The smallest absolute Gasteiger partial charge is 0.225 e. The zero-order valence-corrected chi connectivity index (χ0v) is 14.2. The van der Waals surface area contributed by atoms with Crippen LogP contribution in [0.5, 0.6) is 0 Å². The van der Waals surface area contributed by atoms with Crippen LogP contribution >= 0.6 is 0 Å². The molecule has 1 aliphatic carbocycles. The largest absolute Gasteiger partial charge is 0.399 e. The highest BCUT2D eigenvalue weighted by atomic mass is 16.2. The summed E-state index contributed by atoms with van der Waals surface area (Å²) >= 11 is 0. The molecule has 24 heavy (non-hydrogen) atoms. The molecule has 0 radical (unpaired) electrons. The van der Waals surface area contributed by atoms with Crippen molar-refractivity contribution in [2.24, 2.45) is 5.92 Å². The lowest BCUT2D eigenvalue weighted by Crippen LogP contribution is -2.41. The number of anilines is 1. The maximum atomic E-state index is 12.6. The van der Waals surface area contributed by atoms with E-state index in [0.717, 1.165) is 31.4 Å². The summed E-state index contributed by atoms with van der Waals surface area (Å²) in [7, 11) is 0. The van der Waals surface area contributed by atoms with Gasteiger partial charge in [-0.3, -0.25) is 9.59 Å². The van der Waals surface area contributed by atoms with Crippen LogP contribution in [-0.2, 0) is 16.0 Å². The molecule has 3 N–H and O–H groups in total. The molecule has 1 atom stereocenters. The number of carbonyl (C=O) groups is 2. The predicted octanol–water partition coefficient (Wildman–Crippen LogP) is 2.11. The Hall–Kier alpha value is -2.04. The summed E-state index contributed by atoms with van der Waals surface area (Å²) in [6.45, 7) is 1.42. The van der Waals surface area contributed by atoms with E-state index in [1.54, 1.807) is 0 Å². The van der Waals surface area contributed by atoms with Crippen LogP contribution in [0.1, 0.15) is 44.1 Å². The molecule has 3 rings (SSSR count). The van der Waals surface area contributed by atoms with Crippen molar-refractivity contribution >= 4 is 17.5 Å². The fraction of sp³-hybridized carbons (Fsp3) is 0.579. The van der Waals surface area contributed by atoms with Crippen molar-refractivity contribution in [2.45, 2.75) is 51.0 Å². The fourth-order valence-corrected chi connectivity index (χ4v) is 3.79. The molecular weight excluding hydrogens is 302 g/mol. The SMILES string of the molecule is Nc1ccc(CC(=O)NC2CCN(C(=O)C3CCCCC3)C2)cc1. The maximum Gasteiger partial charge on any atom is 0.225 e. The average molecular weight is 329 g/mol. The summed E-state index contributed by atoms with van der Waals surface area (Å²) < 4.78 is 0. The Morgan fingerprint density at radius 3 is 2.50 bits per heavy atom. The molecule has 1 aliphatic heterocycles. The first-order valence-corrected chi connectivity index (χ1v) is 9.04. The highest BCUT2D eigenvalue weighted by Crippen LogP contribution is 2.26. The topological polar surface area (TPSA) is 75.4 Å². The van der Waals surface area contributed by atoms with Crippen LogP contribution in [0.15, 0.2) is 24.3 Å². The minimum absolute atomic E-state index is 0.0109. The van der Waals surface area contributed by atoms with E-state index in [-0.39, 0.29) is 17.9 Å². The van der Waals surface area contributed by atoms with Gasteiger partial charge in [0.05, 0.1) is 6.42 Å². The summed E-state index contributed by atoms with van der Waals surface area (Å²) in [6, 6.07) is 7.45. The van der Waals surface area contributed by atoms with E-state index in [2.05, 4.69) is 5.32 Å². The van der Waals surface area contributed by atoms with Crippen molar-refractivity contribution in [3.8, 4) is 0 Å². The zero-order chi connectivity index (χ0) is 16.9. The molecule has 1 saturated heterocycles. The molecule has 2 fully saturated rings. The summed E-state index contributed by atoms with van der Waals surface area (Å²) in [5.74, 6) is 0.518. The molecular formula is C19H27N3O2. The third-order valence-electron chi connectivity index (χ3n) is 5.16. The van der Waals surface area contributed by atoms with Crippen LogP contribution in [0.3, 0.4) is 0 Å². The van der Waals surface area contributed by atoms with Crippen LogP contribution in [0.4, 0.5) is 5.69 Å². The molecule has 1 heterocycles. The molecule has 1 aromatic carbocycles. The Kier molecular flexibility index (Phi) is 5.38. The molecule has 130 valence electrons. The number of carbonyl (C=O) groups excluding carboxylic acids is 2. The van der Waals surface area contributed by atoms with Gasteiger partial charge in [0.25, 0.3) is 0 Å². The van der Waals surface area contributed by atoms with E-state index in [1.807, 2.05) is 29.2 Å².